The van der Waals surface area contributed by atoms with Crippen LogP contribution in [0.4, 0.5) is 5.69 Å². The lowest BCUT2D eigenvalue weighted by Crippen LogP contribution is -2.29. The lowest BCUT2D eigenvalue weighted by atomic mass is 10.1. The lowest BCUT2D eigenvalue weighted by molar-refractivity contribution is 0.0936. The van der Waals surface area contributed by atoms with Crippen molar-refractivity contribution < 1.29 is 9.59 Å². The molecule has 0 unspecified atom stereocenters. The third kappa shape index (κ3) is 4.43. The zero-order valence-corrected chi connectivity index (χ0v) is 17.3. The Morgan fingerprint density at radius 1 is 1.14 bits per heavy atom. The molecule has 6 heteroatoms. The Morgan fingerprint density at radius 3 is 2.64 bits per heavy atom. The number of hydrogen-bond donors (Lipinski definition) is 2. The first-order valence-electron chi connectivity index (χ1n) is 10.1. The molecule has 0 fully saturated rings. The van der Waals surface area contributed by atoms with Crippen LogP contribution in [0, 0.1) is 19.8 Å². The van der Waals surface area contributed by atoms with Gasteiger partial charge in [-0.05, 0) is 68.7 Å². The molecule has 1 aromatic carbocycles. The summed E-state index contributed by atoms with van der Waals surface area (Å²) in [6, 6.07) is 5.83. The summed E-state index contributed by atoms with van der Waals surface area (Å²) in [4.78, 5) is 30.0. The van der Waals surface area contributed by atoms with E-state index in [2.05, 4.69) is 29.5 Å². The van der Waals surface area contributed by atoms with Crippen molar-refractivity contribution in [2.24, 2.45) is 5.92 Å². The molecule has 6 nitrogen and oxygen atoms in total. The number of carbonyl (C=O) groups excluding carboxylic acids is 2. The average molecular weight is 383 g/mol. The summed E-state index contributed by atoms with van der Waals surface area (Å²) in [5, 5.41) is 5.88. The van der Waals surface area contributed by atoms with Crippen molar-refractivity contribution in [1.82, 2.24) is 14.9 Å². The third-order valence-corrected chi connectivity index (χ3v) is 5.31. The summed E-state index contributed by atoms with van der Waals surface area (Å²) >= 11 is 0. The van der Waals surface area contributed by atoms with Crippen molar-refractivity contribution in [1.29, 1.82) is 0 Å². The predicted molar refractivity (Wildman–Crippen MR) is 111 cm³/mol. The van der Waals surface area contributed by atoms with Crippen molar-refractivity contribution in [3.63, 3.8) is 0 Å². The van der Waals surface area contributed by atoms with Crippen molar-refractivity contribution in [2.45, 2.75) is 59.9 Å². The van der Waals surface area contributed by atoms with Crippen LogP contribution in [0.5, 0.6) is 0 Å². The van der Waals surface area contributed by atoms with Gasteiger partial charge in [0.05, 0.1) is 5.69 Å². The average Bonchev–Trinajstić information content (AvgIpc) is 3.04. The molecule has 0 spiro atoms. The zero-order valence-electron chi connectivity index (χ0n) is 17.3. The Bertz CT molecular complexity index is 883. The highest BCUT2D eigenvalue weighted by molar-refractivity contribution is 6.05. The largest absolute Gasteiger partial charge is 0.349 e. The summed E-state index contributed by atoms with van der Waals surface area (Å²) in [5.41, 5.74) is 4.27. The number of aryl methyl sites for hydroxylation is 2. The van der Waals surface area contributed by atoms with E-state index in [9.17, 15) is 9.59 Å². The smallest absolute Gasteiger partial charge is 0.287 e. The Balaban J connectivity index is 1.82. The van der Waals surface area contributed by atoms with Crippen LogP contribution in [0.1, 0.15) is 71.0 Å². The number of benzene rings is 1. The fourth-order valence-corrected chi connectivity index (χ4v) is 3.46. The number of hydrogen-bond acceptors (Lipinski definition) is 3. The molecule has 150 valence electrons. The maximum atomic E-state index is 12.9. The van der Waals surface area contributed by atoms with Crippen molar-refractivity contribution >= 4 is 17.5 Å². The second-order valence-corrected chi connectivity index (χ2v) is 8.03. The van der Waals surface area contributed by atoms with Crippen LogP contribution in [0.2, 0.25) is 0 Å². The van der Waals surface area contributed by atoms with Crippen LogP contribution < -0.4 is 10.6 Å². The number of fused-ring (bicyclic) bond motifs is 1. The molecule has 0 radical (unpaired) electrons. The highest BCUT2D eigenvalue weighted by atomic mass is 16.2. The first-order chi connectivity index (χ1) is 13.4. The van der Waals surface area contributed by atoms with Gasteiger partial charge in [0, 0.05) is 18.8 Å². The number of nitrogens with one attached hydrogen (secondary N) is 2. The van der Waals surface area contributed by atoms with Crippen LogP contribution in [0.3, 0.4) is 0 Å². The Labute approximate surface area is 166 Å². The fraction of sp³-hybridized carbons (Fsp3) is 0.500. The van der Waals surface area contributed by atoms with Crippen molar-refractivity contribution in [3.8, 4) is 0 Å². The van der Waals surface area contributed by atoms with E-state index in [1.807, 2.05) is 36.6 Å². The van der Waals surface area contributed by atoms with Crippen LogP contribution >= 0.6 is 0 Å². The molecule has 28 heavy (non-hydrogen) atoms. The second kappa shape index (κ2) is 8.59. The molecule has 2 amide bonds. The number of anilines is 1. The zero-order chi connectivity index (χ0) is 20.3. The first-order valence-corrected chi connectivity index (χ1v) is 10.1. The first kappa shape index (κ1) is 20.1. The van der Waals surface area contributed by atoms with Gasteiger partial charge in [-0.25, -0.2) is 4.98 Å². The maximum Gasteiger partial charge on any atom is 0.287 e. The summed E-state index contributed by atoms with van der Waals surface area (Å²) in [5.74, 6) is 0.418. The van der Waals surface area contributed by atoms with Gasteiger partial charge in [0.15, 0.2) is 11.5 Å². The number of rotatable bonds is 6. The highest BCUT2D eigenvalue weighted by Gasteiger charge is 2.27. The third-order valence-electron chi connectivity index (χ3n) is 5.31. The van der Waals surface area contributed by atoms with E-state index in [1.54, 1.807) is 0 Å². The standard InChI is InChI=1S/C22H30N4O2/c1-14(2)10-11-23-22(28)20-25-19(18-7-5-6-12-26(18)20)21(27)24-17-9-8-15(3)16(4)13-17/h8-9,13-14H,5-7,10-12H2,1-4H3,(H,23,28)(H,24,27). The second-order valence-electron chi connectivity index (χ2n) is 8.03. The topological polar surface area (TPSA) is 76.0 Å². The fourth-order valence-electron chi connectivity index (χ4n) is 3.46. The summed E-state index contributed by atoms with van der Waals surface area (Å²) < 4.78 is 1.92. The number of imidazole rings is 1. The van der Waals surface area contributed by atoms with Crippen molar-refractivity contribution in [2.75, 3.05) is 11.9 Å². The van der Waals surface area contributed by atoms with E-state index >= 15 is 0 Å². The van der Waals surface area contributed by atoms with Gasteiger partial charge in [0.2, 0.25) is 0 Å². The van der Waals surface area contributed by atoms with Gasteiger partial charge in [-0.1, -0.05) is 19.9 Å². The number of nitrogens with zero attached hydrogens (tertiary/aromatic N) is 2. The Kier molecular flexibility index (Phi) is 6.17. The van der Waals surface area contributed by atoms with Crippen LogP contribution in [0.15, 0.2) is 18.2 Å². The molecule has 0 saturated carbocycles. The molecule has 0 atom stereocenters. The minimum atomic E-state index is -0.255. The summed E-state index contributed by atoms with van der Waals surface area (Å²) in [6.07, 6.45) is 3.68. The van der Waals surface area contributed by atoms with Gasteiger partial charge in [0.25, 0.3) is 11.8 Å². The predicted octanol–water partition coefficient (Wildman–Crippen LogP) is 3.86. The van der Waals surface area contributed by atoms with Crippen LogP contribution in [0.25, 0.3) is 0 Å². The van der Waals surface area contributed by atoms with Gasteiger partial charge in [-0.2, -0.15) is 0 Å². The minimum absolute atomic E-state index is 0.200. The van der Waals surface area contributed by atoms with Gasteiger partial charge in [-0.3, -0.25) is 9.59 Å². The lowest BCUT2D eigenvalue weighted by Gasteiger charge is -2.17. The highest BCUT2D eigenvalue weighted by Crippen LogP contribution is 2.23. The summed E-state index contributed by atoms with van der Waals surface area (Å²) in [6.45, 7) is 9.65. The molecule has 1 aliphatic rings. The molecule has 0 bridgehead atoms. The maximum absolute atomic E-state index is 12.9. The van der Waals surface area contributed by atoms with Crippen LogP contribution in [-0.2, 0) is 13.0 Å². The van der Waals surface area contributed by atoms with Gasteiger partial charge in [0.1, 0.15) is 0 Å². The molecule has 0 aliphatic carbocycles. The van der Waals surface area contributed by atoms with E-state index in [-0.39, 0.29) is 11.8 Å². The molecule has 0 saturated heterocycles. The monoisotopic (exact) mass is 382 g/mol. The van der Waals surface area contributed by atoms with Gasteiger partial charge < -0.3 is 15.2 Å². The number of carbonyl (C=O) groups is 2. The van der Waals surface area contributed by atoms with E-state index in [0.29, 0.717) is 24.0 Å². The van der Waals surface area contributed by atoms with E-state index in [1.165, 1.54) is 5.56 Å². The number of amides is 2. The molecular weight excluding hydrogens is 352 g/mol. The van der Waals surface area contributed by atoms with Crippen LogP contribution in [-0.4, -0.2) is 27.9 Å². The molecule has 1 aliphatic heterocycles. The molecular formula is C22H30N4O2. The molecule has 2 N–H and O–H groups in total. The van der Waals surface area contributed by atoms with Gasteiger partial charge in [-0.15, -0.1) is 0 Å². The normalized spacial score (nSPS) is 13.3. The molecule has 1 aromatic heterocycles. The number of aromatic nitrogens is 2. The Hall–Kier alpha value is -2.63. The van der Waals surface area contributed by atoms with Gasteiger partial charge >= 0.3 is 0 Å². The SMILES string of the molecule is Cc1ccc(NC(=O)c2nc(C(=O)NCCC(C)C)n3c2CCCC3)cc1C. The molecule has 2 heterocycles. The molecule has 3 rings (SSSR count). The van der Waals surface area contributed by atoms with E-state index in [4.69, 9.17) is 0 Å². The molecule has 2 aromatic rings. The van der Waals surface area contributed by atoms with E-state index < -0.39 is 0 Å². The van der Waals surface area contributed by atoms with Crippen molar-refractivity contribution in [3.05, 3.63) is 46.5 Å². The summed E-state index contributed by atoms with van der Waals surface area (Å²) in [7, 11) is 0. The minimum Gasteiger partial charge on any atom is -0.349 e. The van der Waals surface area contributed by atoms with E-state index in [0.717, 1.165) is 49.2 Å². The Morgan fingerprint density at radius 2 is 1.93 bits per heavy atom. The quantitative estimate of drug-likeness (QED) is 0.796.